The fraction of sp³-hybridized carbons (Fsp3) is 0.846. The van der Waals surface area contributed by atoms with Crippen LogP contribution in [0.3, 0.4) is 0 Å². The van der Waals surface area contributed by atoms with E-state index in [1.54, 1.807) is 11.9 Å². The van der Waals surface area contributed by atoms with Gasteiger partial charge in [-0.3, -0.25) is 9.59 Å². The largest absolute Gasteiger partial charge is 0.377 e. The van der Waals surface area contributed by atoms with Gasteiger partial charge in [0.25, 0.3) is 0 Å². The van der Waals surface area contributed by atoms with Gasteiger partial charge < -0.3 is 20.7 Å². The summed E-state index contributed by atoms with van der Waals surface area (Å²) in [5.74, 6) is -0.110. The summed E-state index contributed by atoms with van der Waals surface area (Å²) in [7, 11) is 1.58. The van der Waals surface area contributed by atoms with Crippen molar-refractivity contribution in [1.29, 1.82) is 0 Å². The van der Waals surface area contributed by atoms with Crippen molar-refractivity contribution >= 4 is 11.8 Å². The Morgan fingerprint density at radius 3 is 2.74 bits per heavy atom. The van der Waals surface area contributed by atoms with Gasteiger partial charge in [0.1, 0.15) is 6.04 Å². The number of rotatable bonds is 7. The number of carbonyl (C=O) groups excluding carboxylic acids is 2. The first-order valence-electron chi connectivity index (χ1n) is 6.99. The molecule has 3 N–H and O–H groups in total. The standard InChI is InChI=1S/C13H25N3O3/c1-15-13(18)11-10-19-9-8-16(11)12(17)6-4-2-3-5-7-14/h11H,2-10,14H2,1H3,(H,15,18). The van der Waals surface area contributed by atoms with Crippen LogP contribution in [-0.2, 0) is 14.3 Å². The summed E-state index contributed by atoms with van der Waals surface area (Å²) >= 11 is 0. The van der Waals surface area contributed by atoms with E-state index in [2.05, 4.69) is 5.32 Å². The van der Waals surface area contributed by atoms with Gasteiger partial charge in [-0.05, 0) is 19.4 Å². The van der Waals surface area contributed by atoms with Gasteiger partial charge in [0.15, 0.2) is 0 Å². The molecule has 1 unspecified atom stereocenters. The Kier molecular flexibility index (Phi) is 7.43. The van der Waals surface area contributed by atoms with Crippen LogP contribution >= 0.6 is 0 Å². The fourth-order valence-corrected chi connectivity index (χ4v) is 2.20. The van der Waals surface area contributed by atoms with E-state index in [0.29, 0.717) is 32.7 Å². The van der Waals surface area contributed by atoms with E-state index < -0.39 is 6.04 Å². The van der Waals surface area contributed by atoms with Gasteiger partial charge in [0, 0.05) is 20.0 Å². The minimum atomic E-state index is -0.477. The summed E-state index contributed by atoms with van der Waals surface area (Å²) in [4.78, 5) is 25.5. The van der Waals surface area contributed by atoms with E-state index in [-0.39, 0.29) is 11.8 Å². The molecule has 1 heterocycles. The van der Waals surface area contributed by atoms with Crippen molar-refractivity contribution in [2.24, 2.45) is 5.73 Å². The molecule has 19 heavy (non-hydrogen) atoms. The third kappa shape index (κ3) is 5.16. The summed E-state index contributed by atoms with van der Waals surface area (Å²) in [5, 5.41) is 2.58. The van der Waals surface area contributed by atoms with Crippen LogP contribution in [0.25, 0.3) is 0 Å². The number of amides is 2. The van der Waals surface area contributed by atoms with E-state index in [4.69, 9.17) is 10.5 Å². The molecule has 0 spiro atoms. The van der Waals surface area contributed by atoms with Crippen LogP contribution in [0.15, 0.2) is 0 Å². The first-order chi connectivity index (χ1) is 9.20. The van der Waals surface area contributed by atoms with Crippen LogP contribution in [0.1, 0.15) is 32.1 Å². The average Bonchev–Trinajstić information content (AvgIpc) is 2.46. The van der Waals surface area contributed by atoms with Gasteiger partial charge >= 0.3 is 0 Å². The number of nitrogens with one attached hydrogen (secondary N) is 1. The van der Waals surface area contributed by atoms with Crippen molar-refractivity contribution in [1.82, 2.24) is 10.2 Å². The van der Waals surface area contributed by atoms with Gasteiger partial charge in [-0.2, -0.15) is 0 Å². The number of hydrogen-bond donors (Lipinski definition) is 2. The molecule has 1 aliphatic rings. The molecule has 0 aromatic heterocycles. The lowest BCUT2D eigenvalue weighted by Crippen LogP contribution is -2.55. The van der Waals surface area contributed by atoms with Crippen LogP contribution in [0.2, 0.25) is 0 Å². The molecule has 110 valence electrons. The zero-order chi connectivity index (χ0) is 14.1. The number of likely N-dealkylation sites (N-methyl/N-ethyl adjacent to an activating group) is 1. The van der Waals surface area contributed by atoms with Crippen LogP contribution in [0.5, 0.6) is 0 Å². The maximum atomic E-state index is 12.1. The molecule has 2 amide bonds. The van der Waals surface area contributed by atoms with Gasteiger partial charge in [0.2, 0.25) is 11.8 Å². The minimum Gasteiger partial charge on any atom is -0.377 e. The number of morpholine rings is 1. The first kappa shape index (κ1) is 15.9. The highest BCUT2D eigenvalue weighted by Gasteiger charge is 2.31. The number of carbonyl (C=O) groups is 2. The predicted octanol–water partition coefficient (Wildman–Crippen LogP) is -0.131. The van der Waals surface area contributed by atoms with E-state index >= 15 is 0 Å². The molecular formula is C13H25N3O3. The molecule has 1 rings (SSSR count). The third-order valence-electron chi connectivity index (χ3n) is 3.34. The van der Waals surface area contributed by atoms with Crippen LogP contribution < -0.4 is 11.1 Å². The molecule has 6 heteroatoms. The zero-order valence-electron chi connectivity index (χ0n) is 11.7. The number of nitrogens with two attached hydrogens (primary N) is 1. The third-order valence-corrected chi connectivity index (χ3v) is 3.34. The van der Waals surface area contributed by atoms with Crippen LogP contribution in [0, 0.1) is 0 Å². The van der Waals surface area contributed by atoms with E-state index in [1.807, 2.05) is 0 Å². The number of unbranched alkanes of at least 4 members (excludes halogenated alkanes) is 3. The van der Waals surface area contributed by atoms with Crippen molar-refractivity contribution in [2.75, 3.05) is 33.4 Å². The second kappa shape index (κ2) is 8.87. The van der Waals surface area contributed by atoms with Crippen LogP contribution in [0.4, 0.5) is 0 Å². The highest BCUT2D eigenvalue weighted by atomic mass is 16.5. The van der Waals surface area contributed by atoms with Crippen molar-refractivity contribution < 1.29 is 14.3 Å². The van der Waals surface area contributed by atoms with Crippen LogP contribution in [-0.4, -0.2) is 56.1 Å². The summed E-state index contributed by atoms with van der Waals surface area (Å²) in [6.45, 7) is 2.00. The molecule has 0 aromatic rings. The normalized spacial score (nSPS) is 19.3. The monoisotopic (exact) mass is 271 g/mol. The van der Waals surface area contributed by atoms with Crippen molar-refractivity contribution in [3.8, 4) is 0 Å². The molecule has 1 aliphatic heterocycles. The highest BCUT2D eigenvalue weighted by molar-refractivity contribution is 5.87. The Balaban J connectivity index is 2.37. The lowest BCUT2D eigenvalue weighted by Gasteiger charge is -2.34. The van der Waals surface area contributed by atoms with E-state index in [1.165, 1.54) is 0 Å². The van der Waals surface area contributed by atoms with Crippen molar-refractivity contribution in [3.05, 3.63) is 0 Å². The van der Waals surface area contributed by atoms with Crippen molar-refractivity contribution in [2.45, 2.75) is 38.1 Å². The maximum Gasteiger partial charge on any atom is 0.244 e. The molecule has 1 saturated heterocycles. The second-order valence-electron chi connectivity index (χ2n) is 4.74. The number of nitrogens with zero attached hydrogens (tertiary/aromatic N) is 1. The lowest BCUT2D eigenvalue weighted by molar-refractivity contribution is -0.148. The fourth-order valence-electron chi connectivity index (χ4n) is 2.20. The predicted molar refractivity (Wildman–Crippen MR) is 72.5 cm³/mol. The zero-order valence-corrected chi connectivity index (χ0v) is 11.7. The Bertz CT molecular complexity index is 297. The molecular weight excluding hydrogens is 246 g/mol. The smallest absolute Gasteiger partial charge is 0.244 e. The molecule has 0 saturated carbocycles. The van der Waals surface area contributed by atoms with E-state index in [9.17, 15) is 9.59 Å². The summed E-state index contributed by atoms with van der Waals surface area (Å²) < 4.78 is 5.27. The lowest BCUT2D eigenvalue weighted by atomic mass is 10.1. The second-order valence-corrected chi connectivity index (χ2v) is 4.74. The Labute approximate surface area is 114 Å². The molecule has 6 nitrogen and oxygen atoms in total. The Morgan fingerprint density at radius 2 is 2.05 bits per heavy atom. The molecule has 0 radical (unpaired) electrons. The SMILES string of the molecule is CNC(=O)C1COCCN1C(=O)CCCCCCN. The number of hydrogen-bond acceptors (Lipinski definition) is 4. The molecule has 1 fully saturated rings. The molecule has 0 aliphatic carbocycles. The van der Waals surface area contributed by atoms with Gasteiger partial charge in [-0.1, -0.05) is 12.8 Å². The summed E-state index contributed by atoms with van der Waals surface area (Å²) in [6, 6.07) is -0.477. The number of ether oxygens (including phenoxy) is 1. The van der Waals surface area contributed by atoms with Gasteiger partial charge in [-0.15, -0.1) is 0 Å². The highest BCUT2D eigenvalue weighted by Crippen LogP contribution is 2.12. The van der Waals surface area contributed by atoms with Gasteiger partial charge in [0.05, 0.1) is 13.2 Å². The first-order valence-corrected chi connectivity index (χ1v) is 6.99. The van der Waals surface area contributed by atoms with Crippen molar-refractivity contribution in [3.63, 3.8) is 0 Å². The quantitative estimate of drug-likeness (QED) is 0.632. The topological polar surface area (TPSA) is 84.7 Å². The Hall–Kier alpha value is -1.14. The van der Waals surface area contributed by atoms with Gasteiger partial charge in [-0.25, -0.2) is 0 Å². The average molecular weight is 271 g/mol. The minimum absolute atomic E-state index is 0.0460. The van der Waals surface area contributed by atoms with E-state index in [0.717, 1.165) is 25.7 Å². The molecule has 0 bridgehead atoms. The molecule has 0 aromatic carbocycles. The molecule has 1 atom stereocenters. The summed E-state index contributed by atoms with van der Waals surface area (Å²) in [5.41, 5.74) is 5.42. The maximum absolute atomic E-state index is 12.1. The summed E-state index contributed by atoms with van der Waals surface area (Å²) in [6.07, 6.45) is 4.44. The Morgan fingerprint density at radius 1 is 1.32 bits per heavy atom.